The van der Waals surface area contributed by atoms with E-state index in [1.165, 1.54) is 11.8 Å². The Morgan fingerprint density at radius 1 is 0.964 bits per heavy atom. The summed E-state index contributed by atoms with van der Waals surface area (Å²) in [7, 11) is 0. The van der Waals surface area contributed by atoms with Crippen molar-refractivity contribution in [3.05, 3.63) is 68.2 Å². The van der Waals surface area contributed by atoms with Crippen LogP contribution in [0.15, 0.2) is 36.9 Å². The molecule has 0 aliphatic rings. The average molecular weight is 421 g/mol. The molecule has 0 radical (unpaired) electrons. The highest BCUT2D eigenvalue weighted by Crippen LogP contribution is 2.21. The summed E-state index contributed by atoms with van der Waals surface area (Å²) in [4.78, 5) is 24.2. The largest absolute Gasteiger partial charge is 0.346 e. The Bertz CT molecular complexity index is 1110. The van der Waals surface area contributed by atoms with Gasteiger partial charge in [0.05, 0.1) is 10.0 Å². The van der Waals surface area contributed by atoms with E-state index in [1.54, 1.807) is 18.5 Å². The molecule has 0 unspecified atom stereocenters. The maximum Gasteiger partial charge on any atom is 0.207 e. The molecule has 4 heterocycles. The van der Waals surface area contributed by atoms with Crippen molar-refractivity contribution < 1.29 is 4.92 Å². The molecule has 0 amide bonds. The summed E-state index contributed by atoms with van der Waals surface area (Å²) in [6, 6.07) is 3.67. The van der Waals surface area contributed by atoms with Gasteiger partial charge in [0, 0.05) is 46.9 Å². The predicted molar refractivity (Wildman–Crippen MR) is 111 cm³/mol. The SMILES string of the molecule is NCCc1c[nH]c2ncc(Cl)cc12.O=[N+]([O-])CCc1c[nH]c2ncc(Cl)cc12. The number of H-pyrrole nitrogens is 2. The first-order chi connectivity index (χ1) is 13.5. The Balaban J connectivity index is 0.000000162. The fourth-order valence-corrected chi connectivity index (χ4v) is 3.16. The second-order valence-electron chi connectivity index (χ2n) is 6.07. The molecule has 8 nitrogen and oxygen atoms in total. The molecule has 4 rings (SSSR count). The maximum absolute atomic E-state index is 10.3. The van der Waals surface area contributed by atoms with Crippen LogP contribution in [0, 0.1) is 10.1 Å². The summed E-state index contributed by atoms with van der Waals surface area (Å²) in [6.45, 7) is 0.554. The van der Waals surface area contributed by atoms with Gasteiger partial charge in [0.25, 0.3) is 0 Å². The fourth-order valence-electron chi connectivity index (χ4n) is 2.85. The molecule has 10 heteroatoms. The van der Waals surface area contributed by atoms with Crippen molar-refractivity contribution in [2.24, 2.45) is 5.73 Å². The van der Waals surface area contributed by atoms with Gasteiger partial charge in [0.1, 0.15) is 11.3 Å². The van der Waals surface area contributed by atoms with Gasteiger partial charge < -0.3 is 15.7 Å². The van der Waals surface area contributed by atoms with Crippen molar-refractivity contribution in [1.29, 1.82) is 0 Å². The Morgan fingerprint density at radius 2 is 1.46 bits per heavy atom. The molecule has 0 saturated heterocycles. The number of aromatic amines is 2. The average Bonchev–Trinajstić information content (AvgIpc) is 3.24. The smallest absolute Gasteiger partial charge is 0.207 e. The summed E-state index contributed by atoms with van der Waals surface area (Å²) < 4.78 is 0. The number of nitrogens with one attached hydrogen (secondary N) is 2. The lowest BCUT2D eigenvalue weighted by atomic mass is 10.1. The van der Waals surface area contributed by atoms with Crippen LogP contribution in [0.2, 0.25) is 10.0 Å². The normalized spacial score (nSPS) is 10.8. The fraction of sp³-hybridized carbons (Fsp3) is 0.222. The number of pyridine rings is 2. The van der Waals surface area contributed by atoms with E-state index in [0.717, 1.165) is 28.4 Å². The lowest BCUT2D eigenvalue weighted by Gasteiger charge is -1.95. The van der Waals surface area contributed by atoms with E-state index in [1.807, 2.05) is 12.3 Å². The van der Waals surface area contributed by atoms with E-state index in [0.29, 0.717) is 28.7 Å². The van der Waals surface area contributed by atoms with Crippen LogP contribution in [-0.4, -0.2) is 37.9 Å². The summed E-state index contributed by atoms with van der Waals surface area (Å²) in [5.41, 5.74) is 9.10. The minimum absolute atomic E-state index is 0.0839. The van der Waals surface area contributed by atoms with Crippen molar-refractivity contribution >= 4 is 45.3 Å². The van der Waals surface area contributed by atoms with Gasteiger partial charge in [-0.25, -0.2) is 9.97 Å². The summed E-state index contributed by atoms with van der Waals surface area (Å²) in [5, 5.41) is 13.4. The Kier molecular flexibility index (Phi) is 6.45. The molecule has 0 aliphatic heterocycles. The minimum atomic E-state index is -0.336. The van der Waals surface area contributed by atoms with Gasteiger partial charge in [0.15, 0.2) is 0 Å². The zero-order valence-corrected chi connectivity index (χ0v) is 16.3. The number of fused-ring (bicyclic) bond motifs is 2. The van der Waals surface area contributed by atoms with Gasteiger partial charge in [0.2, 0.25) is 6.54 Å². The Morgan fingerprint density at radius 3 is 1.93 bits per heavy atom. The number of rotatable bonds is 5. The van der Waals surface area contributed by atoms with Crippen LogP contribution in [0.1, 0.15) is 11.1 Å². The summed E-state index contributed by atoms with van der Waals surface area (Å²) in [6.07, 6.45) is 8.07. The molecule has 0 aromatic carbocycles. The van der Waals surface area contributed by atoms with E-state index in [9.17, 15) is 10.1 Å². The van der Waals surface area contributed by atoms with Gasteiger partial charge in [-0.05, 0) is 36.2 Å². The lowest BCUT2D eigenvalue weighted by Crippen LogP contribution is -2.03. The highest BCUT2D eigenvalue weighted by molar-refractivity contribution is 6.31. The van der Waals surface area contributed by atoms with Gasteiger partial charge in [-0.2, -0.15) is 0 Å². The second-order valence-corrected chi connectivity index (χ2v) is 6.95. The number of nitrogens with two attached hydrogens (primary N) is 1. The highest BCUT2D eigenvalue weighted by Gasteiger charge is 2.08. The number of aromatic nitrogens is 4. The van der Waals surface area contributed by atoms with Crippen molar-refractivity contribution in [2.75, 3.05) is 13.1 Å². The van der Waals surface area contributed by atoms with Crippen LogP contribution in [0.4, 0.5) is 0 Å². The Labute approximate surface area is 170 Å². The highest BCUT2D eigenvalue weighted by atomic mass is 35.5. The van der Waals surface area contributed by atoms with Crippen molar-refractivity contribution in [3.63, 3.8) is 0 Å². The number of hydrogen-bond acceptors (Lipinski definition) is 5. The molecule has 0 fully saturated rings. The standard InChI is InChI=1S/C9H8ClN3O2.C9H10ClN3/c10-7-3-8-6(1-2-13(14)15)4-11-9(8)12-5-7;10-7-3-8-6(1-2-11)4-12-9(8)13-5-7/h3-5H,1-2H2,(H,11,12);3-5H,1-2,11H2,(H,12,13). The zero-order chi connectivity index (χ0) is 20.1. The first kappa shape index (κ1) is 20.1. The topological polar surface area (TPSA) is 127 Å². The summed E-state index contributed by atoms with van der Waals surface area (Å²) in [5.74, 6) is 0. The second kappa shape index (κ2) is 9.01. The Hall–Kier alpha value is -2.68. The van der Waals surface area contributed by atoms with Crippen LogP contribution in [-0.2, 0) is 12.8 Å². The van der Waals surface area contributed by atoms with Gasteiger partial charge >= 0.3 is 0 Å². The molecule has 28 heavy (non-hydrogen) atoms. The minimum Gasteiger partial charge on any atom is -0.346 e. The van der Waals surface area contributed by atoms with E-state index >= 15 is 0 Å². The third-order valence-corrected chi connectivity index (χ3v) is 4.56. The number of nitrogens with zero attached hydrogens (tertiary/aromatic N) is 3. The predicted octanol–water partition coefficient (Wildman–Crippen LogP) is 3.75. The maximum atomic E-state index is 10.3. The molecule has 4 aromatic rings. The van der Waals surface area contributed by atoms with Crippen molar-refractivity contribution in [2.45, 2.75) is 12.8 Å². The van der Waals surface area contributed by atoms with E-state index in [2.05, 4.69) is 19.9 Å². The van der Waals surface area contributed by atoms with Crippen molar-refractivity contribution in [3.8, 4) is 0 Å². The molecule has 0 saturated carbocycles. The number of hydrogen-bond donors (Lipinski definition) is 3. The molecule has 0 spiro atoms. The summed E-state index contributed by atoms with van der Waals surface area (Å²) >= 11 is 11.6. The van der Waals surface area contributed by atoms with E-state index in [-0.39, 0.29) is 11.5 Å². The quantitative estimate of drug-likeness (QED) is 0.334. The van der Waals surface area contributed by atoms with Crippen LogP contribution >= 0.6 is 23.2 Å². The van der Waals surface area contributed by atoms with Crippen LogP contribution in [0.3, 0.4) is 0 Å². The van der Waals surface area contributed by atoms with Crippen LogP contribution in [0.25, 0.3) is 22.1 Å². The monoisotopic (exact) mass is 420 g/mol. The van der Waals surface area contributed by atoms with Crippen molar-refractivity contribution in [1.82, 2.24) is 19.9 Å². The third kappa shape index (κ3) is 4.78. The van der Waals surface area contributed by atoms with Gasteiger partial charge in [-0.1, -0.05) is 23.2 Å². The van der Waals surface area contributed by atoms with E-state index < -0.39 is 0 Å². The van der Waals surface area contributed by atoms with Gasteiger partial charge in [-0.15, -0.1) is 0 Å². The number of nitro groups is 1. The molecule has 146 valence electrons. The molecular weight excluding hydrogens is 403 g/mol. The molecule has 0 aliphatic carbocycles. The third-order valence-electron chi connectivity index (χ3n) is 4.14. The van der Waals surface area contributed by atoms with Gasteiger partial charge in [-0.3, -0.25) is 10.1 Å². The first-order valence-electron chi connectivity index (χ1n) is 8.53. The molecule has 4 aromatic heterocycles. The van der Waals surface area contributed by atoms with E-state index in [4.69, 9.17) is 28.9 Å². The lowest BCUT2D eigenvalue weighted by molar-refractivity contribution is -0.479. The van der Waals surface area contributed by atoms with Crippen LogP contribution in [0.5, 0.6) is 0 Å². The first-order valence-corrected chi connectivity index (χ1v) is 9.28. The molecule has 0 bridgehead atoms. The zero-order valence-electron chi connectivity index (χ0n) is 14.8. The molecular formula is C18H18Cl2N6O2. The number of halogens is 2. The molecule has 4 N–H and O–H groups in total. The molecule has 0 atom stereocenters. The van der Waals surface area contributed by atoms with Crippen LogP contribution < -0.4 is 5.73 Å².